The molecule has 3 N–H and O–H groups in total. The van der Waals surface area contributed by atoms with Crippen molar-refractivity contribution in [2.75, 3.05) is 0 Å². The van der Waals surface area contributed by atoms with Gasteiger partial charge in [0.25, 0.3) is 0 Å². The minimum atomic E-state index is -0.825. The van der Waals surface area contributed by atoms with Crippen molar-refractivity contribution in [2.24, 2.45) is 28.6 Å². The molecule has 0 unspecified atom stereocenters. The first kappa shape index (κ1) is 18.5. The van der Waals surface area contributed by atoms with Crippen molar-refractivity contribution in [3.63, 3.8) is 0 Å². The van der Waals surface area contributed by atoms with Gasteiger partial charge in [0.05, 0.1) is 11.7 Å². The Morgan fingerprint density at radius 3 is 2.62 bits per heavy atom. The van der Waals surface area contributed by atoms with Crippen LogP contribution in [0.25, 0.3) is 0 Å². The van der Waals surface area contributed by atoms with Gasteiger partial charge in [0, 0.05) is 6.42 Å². The highest BCUT2D eigenvalue weighted by Crippen LogP contribution is 2.67. The van der Waals surface area contributed by atoms with Crippen LogP contribution in [0.1, 0.15) is 78.1 Å². The molecular weight excluding hydrogens is 328 g/mol. The van der Waals surface area contributed by atoms with Gasteiger partial charge in [-0.2, -0.15) is 0 Å². The minimum Gasteiger partial charge on any atom is -0.481 e. The van der Waals surface area contributed by atoms with Gasteiger partial charge >= 0.3 is 5.97 Å². The molecule has 0 aliphatic heterocycles. The highest BCUT2D eigenvalue weighted by molar-refractivity contribution is 5.66. The lowest BCUT2D eigenvalue weighted by Crippen LogP contribution is -2.54. The smallest absolute Gasteiger partial charge is 0.303 e. The molecule has 0 bridgehead atoms. The maximum Gasteiger partial charge on any atom is 0.303 e. The number of hydrogen-bond acceptors (Lipinski definition) is 3. The Morgan fingerprint density at radius 2 is 1.88 bits per heavy atom. The fraction of sp³-hybridized carbons (Fsp3) is 0.864. The number of aliphatic carboxylic acids is 1. The second kappa shape index (κ2) is 6.07. The predicted molar refractivity (Wildman–Crippen MR) is 99.5 cm³/mol. The molecule has 0 aromatic carbocycles. The SMILES string of the molecule is C[C@]12CC[C@@H](O)CC1=CC[C@H]1[C@H]2CC[C@@]2(C)[C@H]1CC[C@]2(O)CCC(=O)O. The number of rotatable bonds is 3. The van der Waals surface area contributed by atoms with E-state index in [0.717, 1.165) is 51.4 Å². The van der Waals surface area contributed by atoms with E-state index in [-0.39, 0.29) is 23.4 Å². The number of aliphatic hydroxyl groups is 2. The third kappa shape index (κ3) is 2.51. The molecule has 0 amide bonds. The molecule has 26 heavy (non-hydrogen) atoms. The number of carboxylic acid groups (broad SMARTS) is 1. The zero-order chi connectivity index (χ0) is 18.7. The summed E-state index contributed by atoms with van der Waals surface area (Å²) in [6, 6.07) is 0. The van der Waals surface area contributed by atoms with E-state index in [9.17, 15) is 15.0 Å². The summed E-state index contributed by atoms with van der Waals surface area (Å²) < 4.78 is 0. The molecular formula is C22H34O4. The Kier molecular flexibility index (Phi) is 4.31. The summed E-state index contributed by atoms with van der Waals surface area (Å²) in [4.78, 5) is 11.1. The number of carboxylic acids is 1. The molecule has 4 aliphatic carbocycles. The van der Waals surface area contributed by atoms with Crippen molar-refractivity contribution in [3.8, 4) is 0 Å². The molecule has 0 aromatic rings. The van der Waals surface area contributed by atoms with Crippen molar-refractivity contribution in [1.29, 1.82) is 0 Å². The first-order valence-corrected chi connectivity index (χ1v) is 10.5. The summed E-state index contributed by atoms with van der Waals surface area (Å²) in [7, 11) is 0. The van der Waals surface area contributed by atoms with Crippen LogP contribution in [-0.4, -0.2) is 33.0 Å². The molecule has 3 saturated carbocycles. The average molecular weight is 363 g/mol. The number of carbonyl (C=O) groups is 1. The highest BCUT2D eigenvalue weighted by atomic mass is 16.4. The van der Waals surface area contributed by atoms with Crippen LogP contribution < -0.4 is 0 Å². The van der Waals surface area contributed by atoms with E-state index in [0.29, 0.717) is 24.2 Å². The zero-order valence-electron chi connectivity index (χ0n) is 16.2. The van der Waals surface area contributed by atoms with Crippen molar-refractivity contribution in [2.45, 2.75) is 89.8 Å². The molecule has 7 atom stereocenters. The summed E-state index contributed by atoms with van der Waals surface area (Å²) in [6.45, 7) is 4.64. The monoisotopic (exact) mass is 362 g/mol. The first-order chi connectivity index (χ1) is 12.2. The lowest BCUT2D eigenvalue weighted by Gasteiger charge is -2.59. The number of allylic oxidation sites excluding steroid dienone is 1. The number of hydrogen-bond donors (Lipinski definition) is 3. The fourth-order valence-electron chi connectivity index (χ4n) is 7.48. The third-order valence-electron chi connectivity index (χ3n) is 9.15. The lowest BCUT2D eigenvalue weighted by atomic mass is 9.47. The van der Waals surface area contributed by atoms with Gasteiger partial charge in [0.15, 0.2) is 0 Å². The largest absolute Gasteiger partial charge is 0.481 e. The lowest BCUT2D eigenvalue weighted by molar-refractivity contribution is -0.146. The van der Waals surface area contributed by atoms with E-state index < -0.39 is 11.6 Å². The van der Waals surface area contributed by atoms with Crippen molar-refractivity contribution >= 4 is 5.97 Å². The van der Waals surface area contributed by atoms with E-state index >= 15 is 0 Å². The van der Waals surface area contributed by atoms with Crippen LogP contribution in [0.3, 0.4) is 0 Å². The normalized spacial score (nSPS) is 50.4. The van der Waals surface area contributed by atoms with E-state index in [1.807, 2.05) is 0 Å². The van der Waals surface area contributed by atoms with Gasteiger partial charge in [-0.15, -0.1) is 0 Å². The summed E-state index contributed by atoms with van der Waals surface area (Å²) in [5.41, 5.74) is 0.708. The molecule has 0 aromatic heterocycles. The second-order valence-corrected chi connectivity index (χ2v) is 10.1. The molecule has 4 nitrogen and oxygen atoms in total. The quantitative estimate of drug-likeness (QED) is 0.665. The number of fused-ring (bicyclic) bond motifs is 5. The molecule has 3 fully saturated rings. The summed E-state index contributed by atoms with van der Waals surface area (Å²) >= 11 is 0. The van der Waals surface area contributed by atoms with Crippen LogP contribution >= 0.6 is 0 Å². The Labute approximate surface area is 156 Å². The van der Waals surface area contributed by atoms with Gasteiger partial charge in [0.2, 0.25) is 0 Å². The molecule has 4 aliphatic rings. The van der Waals surface area contributed by atoms with Gasteiger partial charge in [-0.1, -0.05) is 25.5 Å². The van der Waals surface area contributed by atoms with Crippen LogP contribution in [0.15, 0.2) is 11.6 Å². The third-order valence-corrected chi connectivity index (χ3v) is 9.15. The van der Waals surface area contributed by atoms with Crippen LogP contribution in [0.4, 0.5) is 0 Å². The Bertz CT molecular complexity index is 628. The van der Waals surface area contributed by atoms with E-state index in [1.165, 1.54) is 5.57 Å². The summed E-state index contributed by atoms with van der Waals surface area (Å²) in [5.74, 6) is 0.922. The van der Waals surface area contributed by atoms with Crippen LogP contribution in [0, 0.1) is 28.6 Å². The van der Waals surface area contributed by atoms with Crippen LogP contribution in [0.5, 0.6) is 0 Å². The Hall–Kier alpha value is -0.870. The van der Waals surface area contributed by atoms with Crippen LogP contribution in [0.2, 0.25) is 0 Å². The molecule has 0 saturated heterocycles. The molecule has 0 spiro atoms. The second-order valence-electron chi connectivity index (χ2n) is 10.1. The standard InChI is InChI=1S/C22H34O4/c1-20-9-5-15(23)13-14(20)3-4-16-17(20)6-10-21(2)18(16)7-11-22(21,26)12-8-19(24)25/h3,15-18,23,26H,4-13H2,1-2H3,(H,24,25)/t15-,16+,17-,18+,20+,21+,22+/m1/s1. The Balaban J connectivity index is 1.61. The van der Waals surface area contributed by atoms with Gasteiger partial charge in [-0.3, -0.25) is 4.79 Å². The van der Waals surface area contributed by atoms with E-state index in [4.69, 9.17) is 5.11 Å². The van der Waals surface area contributed by atoms with Gasteiger partial charge in [-0.25, -0.2) is 0 Å². The first-order valence-electron chi connectivity index (χ1n) is 10.5. The molecule has 4 heteroatoms. The van der Waals surface area contributed by atoms with Crippen molar-refractivity contribution < 1.29 is 20.1 Å². The average Bonchev–Trinajstić information content (AvgIpc) is 2.86. The Morgan fingerprint density at radius 1 is 1.15 bits per heavy atom. The van der Waals surface area contributed by atoms with Crippen LogP contribution in [-0.2, 0) is 4.79 Å². The topological polar surface area (TPSA) is 77.8 Å². The van der Waals surface area contributed by atoms with Crippen molar-refractivity contribution in [3.05, 3.63) is 11.6 Å². The molecule has 146 valence electrons. The van der Waals surface area contributed by atoms with Gasteiger partial charge in [-0.05, 0) is 86.4 Å². The molecule has 0 radical (unpaired) electrons. The molecule has 0 heterocycles. The summed E-state index contributed by atoms with van der Waals surface area (Å²) in [6.07, 6.45) is 10.5. The fourth-order valence-corrected chi connectivity index (χ4v) is 7.48. The predicted octanol–water partition coefficient (Wildman–Crippen LogP) is 3.91. The maximum absolute atomic E-state index is 11.4. The molecule has 4 rings (SSSR count). The van der Waals surface area contributed by atoms with Crippen molar-refractivity contribution in [1.82, 2.24) is 0 Å². The minimum absolute atomic E-state index is 0.0621. The summed E-state index contributed by atoms with van der Waals surface area (Å²) in [5, 5.41) is 30.6. The van der Waals surface area contributed by atoms with Gasteiger partial charge in [0.1, 0.15) is 0 Å². The maximum atomic E-state index is 11.4. The van der Waals surface area contributed by atoms with E-state index in [1.54, 1.807) is 0 Å². The van der Waals surface area contributed by atoms with E-state index in [2.05, 4.69) is 19.9 Å². The van der Waals surface area contributed by atoms with Gasteiger partial charge < -0.3 is 15.3 Å². The highest BCUT2D eigenvalue weighted by Gasteiger charge is 2.63. The number of aliphatic hydroxyl groups excluding tert-OH is 1. The zero-order valence-corrected chi connectivity index (χ0v) is 16.2.